The minimum Gasteiger partial charge on any atom is -0.481 e. The summed E-state index contributed by atoms with van der Waals surface area (Å²) in [4.78, 5) is 19.0. The summed E-state index contributed by atoms with van der Waals surface area (Å²) in [6.45, 7) is 6.54. The molecule has 2 rings (SSSR count). The lowest BCUT2D eigenvalue weighted by Gasteiger charge is -2.39. The van der Waals surface area contributed by atoms with E-state index in [0.29, 0.717) is 0 Å². The maximum atomic E-state index is 11.0. The van der Waals surface area contributed by atoms with Crippen molar-refractivity contribution < 1.29 is 14.7 Å². The van der Waals surface area contributed by atoms with Crippen molar-refractivity contribution >= 4 is 12.8 Å². The Morgan fingerprint density at radius 2 is 2.00 bits per heavy atom. The standard InChI is InChI=1S/C13H20O2.CH2O/c1-13(2)7-3-4-9-5-6-10(12(14)15)8-11(9)13;1-2/h10H,3-8H2,1-2H3,(H,14,15);1H2. The van der Waals surface area contributed by atoms with E-state index in [4.69, 9.17) is 9.90 Å². The van der Waals surface area contributed by atoms with Crippen LogP contribution in [0.2, 0.25) is 0 Å². The van der Waals surface area contributed by atoms with Crippen LogP contribution in [0.15, 0.2) is 11.1 Å². The van der Waals surface area contributed by atoms with Gasteiger partial charge in [0.1, 0.15) is 6.79 Å². The average Bonchev–Trinajstić information content (AvgIpc) is 2.31. The van der Waals surface area contributed by atoms with Gasteiger partial charge in [0.15, 0.2) is 0 Å². The Hall–Kier alpha value is -1.12. The number of carboxylic acid groups (broad SMARTS) is 1. The van der Waals surface area contributed by atoms with Gasteiger partial charge in [-0.1, -0.05) is 25.0 Å². The summed E-state index contributed by atoms with van der Waals surface area (Å²) >= 11 is 0. The lowest BCUT2D eigenvalue weighted by atomic mass is 9.66. The van der Waals surface area contributed by atoms with Gasteiger partial charge in [-0.05, 0) is 43.9 Å². The van der Waals surface area contributed by atoms with E-state index in [9.17, 15) is 4.79 Å². The summed E-state index contributed by atoms with van der Waals surface area (Å²) in [6, 6.07) is 0. The Kier molecular flexibility index (Phi) is 4.49. The summed E-state index contributed by atoms with van der Waals surface area (Å²) in [6.07, 6.45) is 6.39. The van der Waals surface area contributed by atoms with Crippen LogP contribution >= 0.6 is 0 Å². The van der Waals surface area contributed by atoms with Crippen molar-refractivity contribution in [1.29, 1.82) is 0 Å². The molecule has 0 heterocycles. The third-order valence-electron chi connectivity index (χ3n) is 4.12. The maximum Gasteiger partial charge on any atom is 0.306 e. The molecule has 0 saturated heterocycles. The average molecular weight is 238 g/mol. The Balaban J connectivity index is 0.000000686. The number of carbonyl (C=O) groups excluding carboxylic acids is 1. The smallest absolute Gasteiger partial charge is 0.306 e. The van der Waals surface area contributed by atoms with E-state index in [2.05, 4.69) is 13.8 Å². The molecular weight excluding hydrogens is 216 g/mol. The molecule has 0 aromatic rings. The van der Waals surface area contributed by atoms with Gasteiger partial charge < -0.3 is 9.90 Å². The van der Waals surface area contributed by atoms with Crippen LogP contribution in [0.5, 0.6) is 0 Å². The zero-order valence-electron chi connectivity index (χ0n) is 10.8. The van der Waals surface area contributed by atoms with Gasteiger partial charge in [0.2, 0.25) is 0 Å². The summed E-state index contributed by atoms with van der Waals surface area (Å²) in [5.41, 5.74) is 3.29. The SMILES string of the molecule is C=O.CC1(C)CCCC2=C1CC(C(=O)O)CC2. The highest BCUT2D eigenvalue weighted by Gasteiger charge is 2.35. The molecule has 17 heavy (non-hydrogen) atoms. The second-order valence-electron chi connectivity index (χ2n) is 5.60. The Morgan fingerprint density at radius 3 is 2.59 bits per heavy atom. The highest BCUT2D eigenvalue weighted by atomic mass is 16.4. The van der Waals surface area contributed by atoms with E-state index in [1.165, 1.54) is 24.8 Å². The zero-order chi connectivity index (χ0) is 13.1. The van der Waals surface area contributed by atoms with Crippen molar-refractivity contribution in [1.82, 2.24) is 0 Å². The van der Waals surface area contributed by atoms with Crippen molar-refractivity contribution in [3.8, 4) is 0 Å². The molecule has 1 N–H and O–H groups in total. The predicted molar refractivity (Wildman–Crippen MR) is 66.8 cm³/mol. The monoisotopic (exact) mass is 238 g/mol. The Morgan fingerprint density at radius 1 is 1.35 bits per heavy atom. The third-order valence-corrected chi connectivity index (χ3v) is 4.12. The molecule has 2 aliphatic carbocycles. The van der Waals surface area contributed by atoms with Gasteiger partial charge in [0.05, 0.1) is 5.92 Å². The molecule has 0 aromatic carbocycles. The van der Waals surface area contributed by atoms with Crippen molar-refractivity contribution in [3.05, 3.63) is 11.1 Å². The number of aliphatic carboxylic acids is 1. The minimum atomic E-state index is -0.608. The van der Waals surface area contributed by atoms with Crippen LogP contribution in [0.1, 0.15) is 52.4 Å². The van der Waals surface area contributed by atoms with Crippen molar-refractivity contribution in [2.24, 2.45) is 11.3 Å². The number of hydrogen-bond acceptors (Lipinski definition) is 2. The molecule has 0 saturated carbocycles. The molecule has 1 atom stereocenters. The number of carboxylic acids is 1. The topological polar surface area (TPSA) is 54.4 Å². The van der Waals surface area contributed by atoms with Gasteiger partial charge in [-0.15, -0.1) is 0 Å². The van der Waals surface area contributed by atoms with Crippen LogP contribution in [0.25, 0.3) is 0 Å². The summed E-state index contributed by atoms with van der Waals surface area (Å²) < 4.78 is 0. The van der Waals surface area contributed by atoms with Crippen LogP contribution in [-0.4, -0.2) is 17.9 Å². The molecule has 3 heteroatoms. The highest BCUT2D eigenvalue weighted by Crippen LogP contribution is 2.47. The van der Waals surface area contributed by atoms with Crippen LogP contribution in [0.3, 0.4) is 0 Å². The number of hydrogen-bond donors (Lipinski definition) is 1. The van der Waals surface area contributed by atoms with Crippen LogP contribution in [-0.2, 0) is 9.59 Å². The lowest BCUT2D eigenvalue weighted by Crippen LogP contribution is -2.28. The molecule has 0 aliphatic heterocycles. The van der Waals surface area contributed by atoms with E-state index in [1.54, 1.807) is 5.57 Å². The molecule has 0 spiro atoms. The van der Waals surface area contributed by atoms with Gasteiger partial charge in [-0.25, -0.2) is 0 Å². The van der Waals surface area contributed by atoms with E-state index >= 15 is 0 Å². The van der Waals surface area contributed by atoms with Gasteiger partial charge in [0.25, 0.3) is 0 Å². The second-order valence-corrected chi connectivity index (χ2v) is 5.60. The first-order chi connectivity index (χ1) is 8.00. The van der Waals surface area contributed by atoms with E-state index in [0.717, 1.165) is 19.3 Å². The molecule has 0 radical (unpaired) electrons. The fourth-order valence-electron chi connectivity index (χ4n) is 3.13. The van der Waals surface area contributed by atoms with Crippen molar-refractivity contribution in [3.63, 3.8) is 0 Å². The van der Waals surface area contributed by atoms with Gasteiger partial charge in [0, 0.05) is 0 Å². The number of rotatable bonds is 1. The quantitative estimate of drug-likeness (QED) is 0.714. The first-order valence-electron chi connectivity index (χ1n) is 6.24. The fourth-order valence-corrected chi connectivity index (χ4v) is 3.13. The molecule has 0 fully saturated rings. The molecule has 3 nitrogen and oxygen atoms in total. The molecule has 2 aliphatic rings. The van der Waals surface area contributed by atoms with Crippen LogP contribution in [0.4, 0.5) is 0 Å². The predicted octanol–water partition coefficient (Wildman–Crippen LogP) is 3.19. The first kappa shape index (κ1) is 13.9. The zero-order valence-corrected chi connectivity index (χ0v) is 10.8. The van der Waals surface area contributed by atoms with Crippen LogP contribution < -0.4 is 0 Å². The Bertz CT molecular complexity index is 328. The number of allylic oxidation sites excluding steroid dienone is 2. The summed E-state index contributed by atoms with van der Waals surface area (Å²) in [7, 11) is 0. The van der Waals surface area contributed by atoms with Crippen molar-refractivity contribution in [2.45, 2.75) is 52.4 Å². The normalized spacial score (nSPS) is 26.6. The second kappa shape index (κ2) is 5.48. The van der Waals surface area contributed by atoms with E-state index in [1.807, 2.05) is 6.79 Å². The van der Waals surface area contributed by atoms with E-state index in [-0.39, 0.29) is 11.3 Å². The van der Waals surface area contributed by atoms with E-state index < -0.39 is 5.97 Å². The maximum absolute atomic E-state index is 11.0. The third kappa shape index (κ3) is 2.96. The van der Waals surface area contributed by atoms with Gasteiger partial charge in [-0.2, -0.15) is 0 Å². The minimum absolute atomic E-state index is 0.124. The molecule has 0 aromatic heterocycles. The van der Waals surface area contributed by atoms with Gasteiger partial charge in [-0.3, -0.25) is 4.79 Å². The van der Waals surface area contributed by atoms with Crippen molar-refractivity contribution in [2.75, 3.05) is 0 Å². The first-order valence-corrected chi connectivity index (χ1v) is 6.24. The lowest BCUT2D eigenvalue weighted by molar-refractivity contribution is -0.142. The molecule has 0 bridgehead atoms. The van der Waals surface area contributed by atoms with Gasteiger partial charge >= 0.3 is 5.97 Å². The highest BCUT2D eigenvalue weighted by molar-refractivity contribution is 5.71. The summed E-state index contributed by atoms with van der Waals surface area (Å²) in [5.74, 6) is -0.732. The fraction of sp³-hybridized carbons (Fsp3) is 0.714. The van der Waals surface area contributed by atoms with Crippen LogP contribution in [0, 0.1) is 11.3 Å². The molecule has 0 amide bonds. The molecule has 96 valence electrons. The molecular formula is C14H22O3. The summed E-state index contributed by atoms with van der Waals surface area (Å²) in [5, 5.41) is 9.08. The largest absolute Gasteiger partial charge is 0.481 e. The Labute approximate surface area is 103 Å². The molecule has 1 unspecified atom stereocenters. The number of carbonyl (C=O) groups is 2.